The van der Waals surface area contributed by atoms with Gasteiger partial charge in [-0.3, -0.25) is 9.59 Å². The first-order valence-corrected chi connectivity index (χ1v) is 14.4. The molecule has 3 aromatic rings. The van der Waals surface area contributed by atoms with Crippen molar-refractivity contribution in [1.29, 1.82) is 0 Å². The van der Waals surface area contributed by atoms with Gasteiger partial charge in [0.15, 0.2) is 5.69 Å². The van der Waals surface area contributed by atoms with Crippen LogP contribution in [0.5, 0.6) is 0 Å². The summed E-state index contributed by atoms with van der Waals surface area (Å²) in [7, 11) is 0. The number of ether oxygens (including phenoxy) is 1. The molecule has 2 saturated heterocycles. The van der Waals surface area contributed by atoms with Crippen molar-refractivity contribution in [2.24, 2.45) is 0 Å². The van der Waals surface area contributed by atoms with E-state index < -0.39 is 23.6 Å². The second-order valence-electron chi connectivity index (χ2n) is 11.2. The summed E-state index contributed by atoms with van der Waals surface area (Å²) in [6.45, 7) is 8.52. The van der Waals surface area contributed by atoms with E-state index in [1.807, 2.05) is 32.9 Å². The Kier molecular flexibility index (Phi) is 7.98. The number of carbonyl (C=O) groups excluding carboxylic acids is 3. The third-order valence-corrected chi connectivity index (χ3v) is 7.88. The highest BCUT2D eigenvalue weighted by molar-refractivity contribution is 6.35. The Bertz CT molecular complexity index is 1510. The molecule has 0 bridgehead atoms. The Labute approximate surface area is 253 Å². The van der Waals surface area contributed by atoms with Crippen LogP contribution in [0.4, 0.5) is 4.79 Å². The van der Waals surface area contributed by atoms with Crippen LogP contribution in [0, 0.1) is 6.92 Å². The number of hydrogen-bond donors (Lipinski definition) is 1. The molecule has 2 aliphatic rings. The first-order valence-electron chi connectivity index (χ1n) is 13.2. The van der Waals surface area contributed by atoms with Crippen LogP contribution in [0.15, 0.2) is 42.5 Å². The van der Waals surface area contributed by atoms with E-state index in [0.29, 0.717) is 58.1 Å². The standard InChI is InChI=1S/C29H30Cl3N5O4/c1-16-24(34-37(23-10-9-19(31)13-21(23)32)25(16)17-5-7-18(30)8-6-17)26(38)33-22-11-12-36(27(22)39)20-14-35(15-20)28(40)41-29(2,3)4/h5-10,13,20,22H,11-12,14-15H2,1-4H3,(H,33,38). The van der Waals surface area contributed by atoms with Crippen molar-refractivity contribution >= 4 is 52.7 Å². The Hall–Kier alpha value is -3.27. The van der Waals surface area contributed by atoms with Crippen molar-refractivity contribution < 1.29 is 19.1 Å². The zero-order valence-electron chi connectivity index (χ0n) is 23.1. The van der Waals surface area contributed by atoms with Crippen LogP contribution in [0.25, 0.3) is 16.9 Å². The summed E-state index contributed by atoms with van der Waals surface area (Å²) in [5.74, 6) is -0.645. The molecule has 2 aliphatic heterocycles. The lowest BCUT2D eigenvalue weighted by Crippen LogP contribution is -2.62. The number of aromatic nitrogens is 2. The van der Waals surface area contributed by atoms with E-state index in [0.717, 1.165) is 5.56 Å². The molecule has 9 nitrogen and oxygen atoms in total. The first-order chi connectivity index (χ1) is 19.3. The van der Waals surface area contributed by atoms with Gasteiger partial charge >= 0.3 is 6.09 Å². The van der Waals surface area contributed by atoms with Crippen molar-refractivity contribution in [2.45, 2.75) is 51.8 Å². The van der Waals surface area contributed by atoms with Gasteiger partial charge in [0.05, 0.1) is 22.4 Å². The molecular formula is C29H30Cl3N5O4. The summed E-state index contributed by atoms with van der Waals surface area (Å²) < 4.78 is 7.01. The van der Waals surface area contributed by atoms with Crippen LogP contribution in [0.2, 0.25) is 15.1 Å². The SMILES string of the molecule is Cc1c(C(=O)NC2CCN(C3CN(C(=O)OC(C)(C)C)C3)C2=O)nn(-c2ccc(Cl)cc2Cl)c1-c1ccc(Cl)cc1. The third kappa shape index (κ3) is 6.03. The maximum atomic E-state index is 13.5. The van der Waals surface area contributed by atoms with Crippen LogP contribution in [0.1, 0.15) is 43.2 Å². The molecule has 3 amide bonds. The molecule has 0 saturated carbocycles. The van der Waals surface area contributed by atoms with E-state index >= 15 is 0 Å². The number of hydrogen-bond acceptors (Lipinski definition) is 5. The second kappa shape index (κ2) is 11.2. The van der Waals surface area contributed by atoms with Crippen molar-refractivity contribution in [3.8, 4) is 16.9 Å². The Morgan fingerprint density at radius 1 is 1.02 bits per heavy atom. The smallest absolute Gasteiger partial charge is 0.410 e. The van der Waals surface area contributed by atoms with Gasteiger partial charge in [-0.15, -0.1) is 0 Å². The highest BCUT2D eigenvalue weighted by Crippen LogP contribution is 2.33. The highest BCUT2D eigenvalue weighted by atomic mass is 35.5. The average Bonchev–Trinajstić information content (AvgIpc) is 3.37. The Balaban J connectivity index is 1.34. The van der Waals surface area contributed by atoms with Crippen molar-refractivity contribution in [3.05, 3.63) is 68.8 Å². The normalized spacial score (nSPS) is 17.5. The van der Waals surface area contributed by atoms with Crippen LogP contribution in [-0.2, 0) is 9.53 Å². The Morgan fingerprint density at radius 3 is 2.32 bits per heavy atom. The van der Waals surface area contributed by atoms with Crippen LogP contribution < -0.4 is 5.32 Å². The predicted octanol–water partition coefficient (Wildman–Crippen LogP) is 5.76. The van der Waals surface area contributed by atoms with Crippen molar-refractivity contribution in [3.63, 3.8) is 0 Å². The molecule has 1 atom stereocenters. The monoisotopic (exact) mass is 617 g/mol. The van der Waals surface area contributed by atoms with E-state index in [-0.39, 0.29) is 17.6 Å². The molecule has 216 valence electrons. The maximum absolute atomic E-state index is 13.5. The molecule has 3 heterocycles. The summed E-state index contributed by atoms with van der Waals surface area (Å²) in [5, 5.41) is 8.92. The van der Waals surface area contributed by atoms with E-state index in [4.69, 9.17) is 39.5 Å². The molecular weight excluding hydrogens is 589 g/mol. The number of carbonyl (C=O) groups is 3. The highest BCUT2D eigenvalue weighted by Gasteiger charge is 2.44. The molecule has 0 radical (unpaired) electrons. The summed E-state index contributed by atoms with van der Waals surface area (Å²) in [6.07, 6.45) is 0.0638. The lowest BCUT2D eigenvalue weighted by molar-refractivity contribution is -0.134. The van der Waals surface area contributed by atoms with Gasteiger partial charge in [0.2, 0.25) is 5.91 Å². The van der Waals surface area contributed by atoms with Gasteiger partial charge in [0, 0.05) is 40.8 Å². The largest absolute Gasteiger partial charge is 0.444 e. The van der Waals surface area contributed by atoms with E-state index in [1.165, 1.54) is 0 Å². The average molecular weight is 619 g/mol. The Morgan fingerprint density at radius 2 is 1.68 bits per heavy atom. The summed E-state index contributed by atoms with van der Waals surface area (Å²) >= 11 is 18.8. The number of rotatable bonds is 5. The number of nitrogens with one attached hydrogen (secondary N) is 1. The lowest BCUT2D eigenvalue weighted by atomic mass is 10.1. The zero-order chi connectivity index (χ0) is 29.6. The molecule has 2 fully saturated rings. The zero-order valence-corrected chi connectivity index (χ0v) is 25.3. The van der Waals surface area contributed by atoms with E-state index in [9.17, 15) is 14.4 Å². The molecule has 41 heavy (non-hydrogen) atoms. The second-order valence-corrected chi connectivity index (χ2v) is 12.5. The topological polar surface area (TPSA) is 96.8 Å². The number of benzene rings is 2. The summed E-state index contributed by atoms with van der Waals surface area (Å²) in [5.41, 5.74) is 2.19. The van der Waals surface area contributed by atoms with Gasteiger partial charge in [-0.2, -0.15) is 5.10 Å². The van der Waals surface area contributed by atoms with Crippen molar-refractivity contribution in [2.75, 3.05) is 19.6 Å². The van der Waals surface area contributed by atoms with Gasteiger partial charge < -0.3 is 19.9 Å². The number of amides is 3. The third-order valence-electron chi connectivity index (χ3n) is 7.09. The van der Waals surface area contributed by atoms with Crippen LogP contribution in [-0.4, -0.2) is 74.8 Å². The number of nitrogens with zero attached hydrogens (tertiary/aromatic N) is 4. The summed E-state index contributed by atoms with van der Waals surface area (Å²) in [4.78, 5) is 42.3. The molecule has 1 unspecified atom stereocenters. The fourth-order valence-corrected chi connectivity index (χ4v) is 5.65. The molecule has 0 spiro atoms. The van der Waals surface area contributed by atoms with E-state index in [1.54, 1.807) is 51.7 Å². The van der Waals surface area contributed by atoms with Crippen LogP contribution in [0.3, 0.4) is 0 Å². The molecule has 12 heteroatoms. The molecule has 1 aromatic heterocycles. The van der Waals surface area contributed by atoms with Crippen molar-refractivity contribution in [1.82, 2.24) is 24.9 Å². The summed E-state index contributed by atoms with van der Waals surface area (Å²) in [6, 6.07) is 11.4. The minimum absolute atomic E-state index is 0.110. The minimum Gasteiger partial charge on any atom is -0.444 e. The fourth-order valence-electron chi connectivity index (χ4n) is 5.04. The fraction of sp³-hybridized carbons (Fsp3) is 0.379. The lowest BCUT2D eigenvalue weighted by Gasteiger charge is -2.44. The first kappa shape index (κ1) is 29.2. The van der Waals surface area contributed by atoms with E-state index in [2.05, 4.69) is 10.4 Å². The quantitative estimate of drug-likeness (QED) is 0.392. The molecule has 0 aliphatic carbocycles. The number of halogens is 3. The number of likely N-dealkylation sites (tertiary alicyclic amines) is 2. The minimum atomic E-state index is -0.694. The van der Waals surface area contributed by atoms with Gasteiger partial charge in [-0.25, -0.2) is 9.48 Å². The molecule has 5 rings (SSSR count). The molecule has 2 aromatic carbocycles. The van der Waals surface area contributed by atoms with Gasteiger partial charge in [0.1, 0.15) is 11.6 Å². The predicted molar refractivity (Wildman–Crippen MR) is 158 cm³/mol. The van der Waals surface area contributed by atoms with Gasteiger partial charge in [0.25, 0.3) is 5.91 Å². The molecule has 1 N–H and O–H groups in total. The maximum Gasteiger partial charge on any atom is 0.410 e. The van der Waals surface area contributed by atoms with Gasteiger partial charge in [-0.05, 0) is 64.4 Å². The van der Waals surface area contributed by atoms with Gasteiger partial charge in [-0.1, -0.05) is 46.9 Å². The van der Waals surface area contributed by atoms with Crippen LogP contribution >= 0.6 is 34.8 Å².